The van der Waals surface area contributed by atoms with Gasteiger partial charge in [0.15, 0.2) is 0 Å². The summed E-state index contributed by atoms with van der Waals surface area (Å²) in [5, 5.41) is 3.18. The van der Waals surface area contributed by atoms with Crippen molar-refractivity contribution in [2.75, 3.05) is 24.6 Å². The lowest BCUT2D eigenvalue weighted by Gasteiger charge is -2.22. The van der Waals surface area contributed by atoms with Gasteiger partial charge in [0.25, 0.3) is 0 Å². The largest absolute Gasteiger partial charge is 0.450 e. The van der Waals surface area contributed by atoms with E-state index < -0.39 is 12.0 Å². The van der Waals surface area contributed by atoms with E-state index >= 15 is 0 Å². The molecule has 0 radical (unpaired) electrons. The van der Waals surface area contributed by atoms with Crippen molar-refractivity contribution in [3.63, 3.8) is 0 Å². The maximum Gasteiger partial charge on any atom is 0.413 e. The number of rotatable bonds is 5. The molecule has 2 aromatic heterocycles. The van der Waals surface area contributed by atoms with Gasteiger partial charge >= 0.3 is 6.09 Å². The minimum atomic E-state index is -0.731. The number of ether oxygens (including phenoxy) is 1. The fourth-order valence-corrected chi connectivity index (χ4v) is 3.46. The SMILES string of the molecule is CCOC(=O)NC(=O)CN(CC)c1nc(C)nc2sc(C)c(C)c12. The summed E-state index contributed by atoms with van der Waals surface area (Å²) < 4.78 is 4.73. The normalized spacial score (nSPS) is 10.7. The molecule has 2 aromatic rings. The third kappa shape index (κ3) is 3.81. The van der Waals surface area contributed by atoms with Crippen LogP contribution in [0.5, 0.6) is 0 Å². The molecule has 2 amide bonds. The number of nitrogens with one attached hydrogen (secondary N) is 1. The molecule has 1 N–H and O–H groups in total. The molecule has 2 rings (SSSR count). The molecule has 130 valence electrons. The van der Waals surface area contributed by atoms with Crippen LogP contribution in [0.3, 0.4) is 0 Å². The van der Waals surface area contributed by atoms with Gasteiger partial charge in [0.2, 0.25) is 5.91 Å². The van der Waals surface area contributed by atoms with Crippen LogP contribution in [0.4, 0.5) is 10.6 Å². The van der Waals surface area contributed by atoms with Gasteiger partial charge in [-0.25, -0.2) is 14.8 Å². The predicted octanol–water partition coefficient (Wildman–Crippen LogP) is 2.72. The zero-order chi connectivity index (χ0) is 17.9. The van der Waals surface area contributed by atoms with Crippen molar-refractivity contribution in [2.45, 2.75) is 34.6 Å². The van der Waals surface area contributed by atoms with E-state index in [9.17, 15) is 9.59 Å². The van der Waals surface area contributed by atoms with E-state index in [1.807, 2.05) is 32.6 Å². The van der Waals surface area contributed by atoms with Crippen molar-refractivity contribution in [3.05, 3.63) is 16.3 Å². The molecule has 0 aliphatic heterocycles. The lowest BCUT2D eigenvalue weighted by molar-refractivity contribution is -0.119. The molecule has 7 nitrogen and oxygen atoms in total. The molecule has 0 aliphatic rings. The smallest absolute Gasteiger partial charge is 0.413 e. The second kappa shape index (κ2) is 7.57. The predicted molar refractivity (Wildman–Crippen MR) is 94.7 cm³/mol. The lowest BCUT2D eigenvalue weighted by Crippen LogP contribution is -2.40. The second-order valence-electron chi connectivity index (χ2n) is 5.34. The summed E-state index contributed by atoms with van der Waals surface area (Å²) in [6.45, 7) is 10.4. The van der Waals surface area contributed by atoms with Crippen LogP contribution in [0.1, 0.15) is 30.1 Å². The number of aromatic nitrogens is 2. The number of carbonyl (C=O) groups is 2. The number of aryl methyl sites for hydroxylation is 3. The van der Waals surface area contributed by atoms with Crippen LogP contribution >= 0.6 is 11.3 Å². The van der Waals surface area contributed by atoms with Crippen LogP contribution in [0.15, 0.2) is 0 Å². The number of carbonyl (C=O) groups excluding carboxylic acids is 2. The van der Waals surface area contributed by atoms with Crippen molar-refractivity contribution < 1.29 is 14.3 Å². The number of anilines is 1. The zero-order valence-corrected chi connectivity index (χ0v) is 15.4. The lowest BCUT2D eigenvalue weighted by atomic mass is 10.2. The van der Waals surface area contributed by atoms with E-state index in [1.165, 1.54) is 4.88 Å². The molecule has 24 heavy (non-hydrogen) atoms. The first-order valence-electron chi connectivity index (χ1n) is 7.83. The molecule has 0 saturated carbocycles. The van der Waals surface area contributed by atoms with E-state index in [0.29, 0.717) is 12.4 Å². The van der Waals surface area contributed by atoms with Gasteiger partial charge < -0.3 is 9.64 Å². The van der Waals surface area contributed by atoms with Gasteiger partial charge in [-0.2, -0.15) is 0 Å². The molecular weight excluding hydrogens is 328 g/mol. The standard InChI is InChI=1S/C16H22N4O3S/c1-6-20(8-12(21)19-16(22)23-7-2)14-13-9(3)10(4)24-15(13)18-11(5)17-14/h6-8H2,1-5H3,(H,19,21,22). The third-order valence-corrected chi connectivity index (χ3v) is 4.76. The Kier molecular flexibility index (Phi) is 5.71. The average Bonchev–Trinajstić information content (AvgIpc) is 2.78. The fraction of sp³-hybridized carbons (Fsp3) is 0.500. The van der Waals surface area contributed by atoms with Crippen LogP contribution in [0.2, 0.25) is 0 Å². The monoisotopic (exact) mass is 350 g/mol. The summed E-state index contributed by atoms with van der Waals surface area (Å²) in [6, 6.07) is 0. The Morgan fingerprint density at radius 1 is 1.21 bits per heavy atom. The number of thiophene rings is 1. The van der Waals surface area contributed by atoms with E-state index in [-0.39, 0.29) is 13.2 Å². The first kappa shape index (κ1) is 18.1. The summed E-state index contributed by atoms with van der Waals surface area (Å²) >= 11 is 1.62. The molecule has 0 bridgehead atoms. The quantitative estimate of drug-likeness (QED) is 0.892. The number of amides is 2. The van der Waals surface area contributed by atoms with Gasteiger partial charge in [0.05, 0.1) is 18.5 Å². The molecule has 0 unspecified atom stereocenters. The maximum absolute atomic E-state index is 12.1. The second-order valence-corrected chi connectivity index (χ2v) is 6.54. The first-order valence-corrected chi connectivity index (χ1v) is 8.64. The van der Waals surface area contributed by atoms with Crippen molar-refractivity contribution in [2.24, 2.45) is 0 Å². The Morgan fingerprint density at radius 3 is 2.54 bits per heavy atom. The number of alkyl carbamates (subject to hydrolysis) is 1. The Balaban J connectivity index is 2.32. The fourth-order valence-electron chi connectivity index (χ4n) is 2.39. The molecule has 0 atom stereocenters. The molecule has 0 saturated heterocycles. The van der Waals surface area contributed by atoms with Gasteiger partial charge in [-0.1, -0.05) is 0 Å². The number of fused-ring (bicyclic) bond motifs is 1. The van der Waals surface area contributed by atoms with E-state index in [1.54, 1.807) is 18.3 Å². The highest BCUT2D eigenvalue weighted by Gasteiger charge is 2.20. The Hall–Kier alpha value is -2.22. The van der Waals surface area contributed by atoms with Gasteiger partial charge in [0, 0.05) is 11.4 Å². The van der Waals surface area contributed by atoms with Gasteiger partial charge in [0.1, 0.15) is 16.5 Å². The summed E-state index contributed by atoms with van der Waals surface area (Å²) in [6.07, 6.45) is -0.731. The van der Waals surface area contributed by atoms with Crippen LogP contribution in [0, 0.1) is 20.8 Å². The van der Waals surface area contributed by atoms with Crippen LogP contribution < -0.4 is 10.2 Å². The Morgan fingerprint density at radius 2 is 1.92 bits per heavy atom. The number of hydrogen-bond acceptors (Lipinski definition) is 7. The van der Waals surface area contributed by atoms with Crippen LogP contribution in [-0.4, -0.2) is 41.7 Å². The summed E-state index contributed by atoms with van der Waals surface area (Å²) in [7, 11) is 0. The van der Waals surface area contributed by atoms with Gasteiger partial charge in [-0.3, -0.25) is 10.1 Å². The van der Waals surface area contributed by atoms with E-state index in [0.717, 1.165) is 21.6 Å². The minimum Gasteiger partial charge on any atom is -0.450 e. The van der Waals surface area contributed by atoms with Crippen molar-refractivity contribution in [1.82, 2.24) is 15.3 Å². The Labute approximate surface area is 145 Å². The average molecular weight is 350 g/mol. The highest BCUT2D eigenvalue weighted by molar-refractivity contribution is 7.18. The van der Waals surface area contributed by atoms with Gasteiger partial charge in [-0.05, 0) is 40.2 Å². The molecule has 2 heterocycles. The molecule has 0 aromatic carbocycles. The van der Waals surface area contributed by atoms with Crippen LogP contribution in [0.25, 0.3) is 10.2 Å². The zero-order valence-electron chi connectivity index (χ0n) is 14.6. The number of hydrogen-bond donors (Lipinski definition) is 1. The highest BCUT2D eigenvalue weighted by Crippen LogP contribution is 2.34. The molecular formula is C16H22N4O3S. The number of nitrogens with zero attached hydrogens (tertiary/aromatic N) is 3. The van der Waals surface area contributed by atoms with Gasteiger partial charge in [-0.15, -0.1) is 11.3 Å². The number of imide groups is 1. The molecule has 0 spiro atoms. The number of likely N-dealkylation sites (N-methyl/N-ethyl adjacent to an activating group) is 1. The summed E-state index contributed by atoms with van der Waals surface area (Å²) in [4.78, 5) is 36.4. The van der Waals surface area contributed by atoms with Crippen LogP contribution in [-0.2, 0) is 9.53 Å². The van der Waals surface area contributed by atoms with Crippen molar-refractivity contribution in [3.8, 4) is 0 Å². The van der Waals surface area contributed by atoms with E-state index in [2.05, 4.69) is 15.3 Å². The van der Waals surface area contributed by atoms with E-state index in [4.69, 9.17) is 4.74 Å². The summed E-state index contributed by atoms with van der Waals surface area (Å²) in [5.74, 6) is 0.952. The third-order valence-electron chi connectivity index (χ3n) is 3.65. The topological polar surface area (TPSA) is 84.4 Å². The van der Waals surface area contributed by atoms with Crippen molar-refractivity contribution in [1.29, 1.82) is 0 Å². The summed E-state index contributed by atoms with van der Waals surface area (Å²) in [5.41, 5.74) is 1.12. The first-order chi connectivity index (χ1) is 11.4. The highest BCUT2D eigenvalue weighted by atomic mass is 32.1. The minimum absolute atomic E-state index is 0.0230. The molecule has 8 heteroatoms. The molecule has 0 fully saturated rings. The maximum atomic E-state index is 12.1. The Bertz CT molecular complexity index is 772. The van der Waals surface area contributed by atoms with Crippen molar-refractivity contribution >= 4 is 39.4 Å². The molecule has 0 aliphatic carbocycles.